The zero-order valence-electron chi connectivity index (χ0n) is 21.1. The minimum Gasteiger partial charge on any atom is -0.382 e. The Morgan fingerprint density at radius 2 is 1.85 bits per heavy atom. The average molecular weight is 603 g/mol. The number of nitrogens with zero attached hydrogens (tertiary/aromatic N) is 7. The Morgan fingerprint density at radius 3 is 2.71 bits per heavy atom. The molecule has 19 heteroatoms. The second-order valence-corrected chi connectivity index (χ2v) is 13.9. The zero-order chi connectivity index (χ0) is 27.9. The van der Waals surface area contributed by atoms with Crippen LogP contribution in [0.5, 0.6) is 0 Å². The number of aromatic nitrogens is 8. The monoisotopic (exact) mass is 602 g/mol. The second-order valence-electron chi connectivity index (χ2n) is 11.0. The van der Waals surface area contributed by atoms with Crippen molar-refractivity contribution in [3.05, 3.63) is 29.3 Å². The smallest absolute Gasteiger partial charge is 0.382 e. The molecule has 5 aliphatic rings. The fraction of sp³-hybridized carbons (Fsp3) is 0.545. The molecule has 0 radical (unpaired) electrons. The summed E-state index contributed by atoms with van der Waals surface area (Å²) in [7, 11) is 0. The lowest BCUT2D eigenvalue weighted by molar-refractivity contribution is -0.261. The number of fused-ring (bicyclic) bond motifs is 4. The highest BCUT2D eigenvalue weighted by Gasteiger charge is 2.94. The lowest BCUT2D eigenvalue weighted by Gasteiger charge is -2.43. The molecule has 4 aromatic heterocycles. The van der Waals surface area contributed by atoms with Crippen LogP contribution in [0.2, 0.25) is 0 Å². The third-order valence-electron chi connectivity index (χ3n) is 9.00. The molecule has 0 amide bonds. The van der Waals surface area contributed by atoms with Gasteiger partial charge in [-0.05, 0) is 12.8 Å². The summed E-state index contributed by atoms with van der Waals surface area (Å²) in [4.78, 5) is 35.8. The molecule has 3 unspecified atom stereocenters. The van der Waals surface area contributed by atoms with E-state index in [9.17, 15) is 9.36 Å². The second kappa shape index (κ2) is 7.83. The average Bonchev–Trinajstić information content (AvgIpc) is 3.54. The van der Waals surface area contributed by atoms with Gasteiger partial charge in [-0.25, -0.2) is 24.5 Å². The molecule has 9 rings (SSSR count). The van der Waals surface area contributed by atoms with E-state index in [1.165, 1.54) is 12.7 Å². The number of hydrogen-bond acceptors (Lipinski definition) is 14. The molecule has 17 nitrogen and oxygen atoms in total. The number of hydrogen-bond donors (Lipinski definition) is 4. The first kappa shape index (κ1) is 24.5. The van der Waals surface area contributed by atoms with Crippen LogP contribution in [0.4, 0.5) is 11.8 Å². The van der Waals surface area contributed by atoms with Gasteiger partial charge in [0, 0.05) is 6.42 Å². The number of anilines is 2. The van der Waals surface area contributed by atoms with E-state index >= 15 is 0 Å². The van der Waals surface area contributed by atoms with Gasteiger partial charge in [0.1, 0.15) is 35.3 Å². The maximum atomic E-state index is 13.6. The standard InChI is InChI=1S/C22H23N10O7PS/c23-14-10-15(26-5-25-14)31(6-27-10)19-12-13-21(37-12)2-1-8-3-9(39-40(34,41)35-4-22(13,21)38-19)18(36-8)32-7-28-11-16(32)29-20(24)30-17(11)33/h5-9,12-13,18-19H,1-4H2,(H,34,41)(H2,23,25,26)(H3,24,29,30,33)/t8-,9-,12-,13-,18-,19-,21?,22?,40?/m1/s1. The Bertz CT molecular complexity index is 1880. The number of H-pyrrole nitrogens is 1. The minimum absolute atomic E-state index is 0.00566. The Morgan fingerprint density at radius 1 is 1.05 bits per heavy atom. The fourth-order valence-corrected chi connectivity index (χ4v) is 8.75. The topological polar surface area (TPSA) is 222 Å². The molecule has 214 valence electrons. The van der Waals surface area contributed by atoms with Crippen LogP contribution in [-0.2, 0) is 27.8 Å². The van der Waals surface area contributed by atoms with Crippen molar-refractivity contribution in [2.75, 3.05) is 18.1 Å². The first-order valence-corrected chi connectivity index (χ1v) is 15.7. The maximum Gasteiger partial charge on any atom is 0.386 e. The fourth-order valence-electron chi connectivity index (χ4n) is 7.26. The first-order chi connectivity index (χ1) is 19.7. The van der Waals surface area contributed by atoms with E-state index in [0.717, 1.165) is 0 Å². The van der Waals surface area contributed by atoms with Crippen LogP contribution in [0.25, 0.3) is 22.3 Å². The third kappa shape index (κ3) is 3.12. The number of imidazole rings is 2. The van der Waals surface area contributed by atoms with Gasteiger partial charge in [-0.2, -0.15) is 4.98 Å². The molecular weight excluding hydrogens is 579 g/mol. The van der Waals surface area contributed by atoms with Gasteiger partial charge in [0.15, 0.2) is 35.1 Å². The van der Waals surface area contributed by atoms with Crippen molar-refractivity contribution in [1.29, 1.82) is 0 Å². The SMILES string of the molecule is Nc1nc2c(ncn2[C@@H]2O[C@@H]3CCC45O[C@@H]6[C@H]4C5(COP(=O)(S)O[C@@H]2C3)O[C@H]6n2cnc3c(N)ncnc32)c(=O)[nH]1. The Balaban J connectivity index is 1.02. The lowest BCUT2D eigenvalue weighted by atomic mass is 9.95. The van der Waals surface area contributed by atoms with Gasteiger partial charge in [0.2, 0.25) is 5.95 Å². The number of nitrogens with one attached hydrogen (secondary N) is 1. The molecular formula is C22H23N10O7PS. The van der Waals surface area contributed by atoms with Crippen molar-refractivity contribution < 1.29 is 27.8 Å². The van der Waals surface area contributed by atoms with E-state index in [-0.39, 0.29) is 47.7 Å². The van der Waals surface area contributed by atoms with Crippen molar-refractivity contribution >= 4 is 53.1 Å². The normalized spacial score (nSPS) is 41.1. The number of nitrogen functional groups attached to an aromatic ring is 2. The van der Waals surface area contributed by atoms with Crippen molar-refractivity contribution in [2.24, 2.45) is 5.92 Å². The van der Waals surface area contributed by atoms with Crippen LogP contribution in [-0.4, -0.2) is 75.2 Å². The Labute approximate surface area is 234 Å². The van der Waals surface area contributed by atoms with Crippen LogP contribution in [0, 0.1) is 5.92 Å². The van der Waals surface area contributed by atoms with Gasteiger partial charge in [-0.3, -0.25) is 28.0 Å². The summed E-state index contributed by atoms with van der Waals surface area (Å²) in [6, 6.07) is 0. The number of rotatable bonds is 2. The predicted octanol–water partition coefficient (Wildman–Crippen LogP) is 0.680. The van der Waals surface area contributed by atoms with Crippen molar-refractivity contribution in [3.63, 3.8) is 0 Å². The molecule has 1 saturated carbocycles. The summed E-state index contributed by atoms with van der Waals surface area (Å²) in [6.45, 7) is -3.96. The third-order valence-corrected chi connectivity index (χ3v) is 10.6. The summed E-state index contributed by atoms with van der Waals surface area (Å²) in [5.74, 6) is 0.204. The number of ether oxygens (including phenoxy) is 3. The summed E-state index contributed by atoms with van der Waals surface area (Å²) < 4.78 is 48.3. The highest BCUT2D eigenvalue weighted by molar-refractivity contribution is 8.44. The molecule has 0 aromatic carbocycles. The van der Waals surface area contributed by atoms with Gasteiger partial charge in [0.05, 0.1) is 31.3 Å². The molecule has 8 heterocycles. The van der Waals surface area contributed by atoms with Crippen LogP contribution in [0.15, 0.2) is 23.8 Å². The van der Waals surface area contributed by atoms with Crippen molar-refractivity contribution in [3.8, 4) is 0 Å². The molecule has 4 aliphatic heterocycles. The predicted molar refractivity (Wildman–Crippen MR) is 141 cm³/mol. The molecule has 5 fully saturated rings. The quantitative estimate of drug-likeness (QED) is 0.183. The van der Waals surface area contributed by atoms with E-state index in [1.807, 2.05) is 0 Å². The molecule has 9 atom stereocenters. The van der Waals surface area contributed by atoms with E-state index < -0.39 is 42.1 Å². The van der Waals surface area contributed by atoms with Crippen molar-refractivity contribution in [2.45, 2.75) is 61.2 Å². The highest BCUT2D eigenvalue weighted by atomic mass is 32.7. The molecule has 41 heavy (non-hydrogen) atoms. The first-order valence-electron chi connectivity index (χ1n) is 13.0. The van der Waals surface area contributed by atoms with Crippen molar-refractivity contribution in [1.82, 2.24) is 39.0 Å². The van der Waals surface area contributed by atoms with Crippen LogP contribution in [0.1, 0.15) is 31.7 Å². The molecule has 1 aliphatic carbocycles. The highest BCUT2D eigenvalue weighted by Crippen LogP contribution is 2.80. The van der Waals surface area contributed by atoms with E-state index in [4.69, 9.17) is 34.7 Å². The molecule has 5 N–H and O–H groups in total. The van der Waals surface area contributed by atoms with E-state index in [1.54, 1.807) is 15.5 Å². The van der Waals surface area contributed by atoms with Gasteiger partial charge < -0.3 is 25.7 Å². The summed E-state index contributed by atoms with van der Waals surface area (Å²) in [5, 5.41) is 0. The van der Waals surface area contributed by atoms with E-state index in [2.05, 4.69) is 42.2 Å². The lowest BCUT2D eigenvalue weighted by Crippen LogP contribution is -2.51. The Kier molecular flexibility index (Phi) is 4.67. The largest absolute Gasteiger partial charge is 0.386 e. The molecule has 4 aromatic rings. The van der Waals surface area contributed by atoms with Crippen LogP contribution < -0.4 is 17.0 Å². The van der Waals surface area contributed by atoms with E-state index in [0.29, 0.717) is 30.4 Å². The van der Waals surface area contributed by atoms with Gasteiger partial charge in [-0.15, -0.1) is 0 Å². The molecule has 2 bridgehead atoms. The number of nitrogens with two attached hydrogens (primary N) is 2. The summed E-state index contributed by atoms with van der Waals surface area (Å²) in [5.41, 5.74) is 11.1. The Hall–Kier alpha value is -3.12. The zero-order valence-corrected chi connectivity index (χ0v) is 22.9. The van der Waals surface area contributed by atoms with Gasteiger partial charge in [-0.1, -0.05) is 12.2 Å². The van der Waals surface area contributed by atoms with Crippen LogP contribution in [0.3, 0.4) is 0 Å². The van der Waals surface area contributed by atoms with Gasteiger partial charge in [0.25, 0.3) is 5.56 Å². The number of aromatic amines is 1. The number of thiol groups is 1. The maximum absolute atomic E-state index is 13.6. The summed E-state index contributed by atoms with van der Waals surface area (Å²) in [6.07, 6.45) is 3.45. The summed E-state index contributed by atoms with van der Waals surface area (Å²) >= 11 is 4.29. The minimum atomic E-state index is -3.91. The van der Waals surface area contributed by atoms with Gasteiger partial charge >= 0.3 is 6.80 Å². The van der Waals surface area contributed by atoms with Crippen LogP contribution >= 0.6 is 19.0 Å². The molecule has 2 spiro atoms. The molecule has 4 saturated heterocycles.